The highest BCUT2D eigenvalue weighted by Crippen LogP contribution is 2.56. The number of amides is 2. The molecule has 6 aliphatic heterocycles. The molecule has 113 heavy (non-hydrogen) atoms. The Morgan fingerprint density at radius 1 is 0.566 bits per heavy atom. The lowest BCUT2D eigenvalue weighted by Gasteiger charge is -2.43. The number of hydrazine groups is 1. The van der Waals surface area contributed by atoms with Gasteiger partial charge in [-0.25, -0.2) is 21.2 Å². The number of phenols is 4. The van der Waals surface area contributed by atoms with Gasteiger partial charge in [0.1, 0.15) is 68.9 Å². The maximum absolute atomic E-state index is 14.0. The van der Waals surface area contributed by atoms with E-state index in [9.17, 15) is 64.2 Å². The maximum Gasteiger partial charge on any atom is 0.240 e. The number of nitrogens with two attached hydrogens (primary N) is 3. The molecule has 0 radical (unpaired) electrons. The largest absolute Gasteiger partial charge is 0.507 e. The van der Waals surface area contributed by atoms with Gasteiger partial charge in [-0.1, -0.05) is 58.0 Å². The second-order valence-electron chi connectivity index (χ2n) is 29.4. The van der Waals surface area contributed by atoms with Crippen molar-refractivity contribution in [2.24, 2.45) is 10.9 Å². The Labute approximate surface area is 665 Å². The molecule has 14 N–H and O–H groups in total. The molecule has 2 amide bonds. The molecule has 600 valence electrons. The van der Waals surface area contributed by atoms with Gasteiger partial charge < -0.3 is 80.0 Å². The van der Waals surface area contributed by atoms with E-state index >= 15 is 0 Å². The highest BCUT2D eigenvalue weighted by molar-refractivity contribution is 8.77. The maximum atomic E-state index is 14.0. The van der Waals surface area contributed by atoms with Crippen LogP contribution in [0.1, 0.15) is 178 Å². The number of Topliss-reactive ketones (excluding diaryl/α,β-unsaturated/α-hetero) is 1. The first kappa shape index (κ1) is 81.4. The summed E-state index contributed by atoms with van der Waals surface area (Å²) in [6, 6.07) is 20.1. The van der Waals surface area contributed by atoms with Crippen LogP contribution in [0.4, 0.5) is 11.4 Å². The zero-order valence-corrected chi connectivity index (χ0v) is 65.7. The number of morpholine rings is 2. The summed E-state index contributed by atoms with van der Waals surface area (Å²) in [5.74, 6) is -0.0595. The molecular formula is C78H88N10O21S4. The SMILES string of the molecule is C/C(=N\NC(=O)CCSSc1ccccn1)[C@]1(O)Cc2c(O)c3c(c(O)c2[C@@H](O[C@H]2CC4[C@H](O[C@@H]5[C@@H](C)OCCN45)[C@H](C)O2)C1)C(=O)c1c(N)cccc1C3=O.CC(=O)[C@]1(O)Cc2c(O)c3c(c(O)c2[C@@H](O[C@H]2CC4[C@H](O[C@@H]5[C@@H](C)OCCN45)[C@H](C)O2)C1)C(=O)c1c(N)cccc1C3=O.NNC(=O)CCSSc1ccccn1. The summed E-state index contributed by atoms with van der Waals surface area (Å²) in [4.78, 5) is 104. The van der Waals surface area contributed by atoms with E-state index in [-0.39, 0.29) is 172 Å². The number of pyridine rings is 2. The monoisotopic (exact) mass is 1630 g/mol. The molecule has 0 saturated carbocycles. The van der Waals surface area contributed by atoms with Gasteiger partial charge in [-0.2, -0.15) is 5.10 Å². The number of phenolic OH excluding ortho intramolecular Hbond substituents is 4. The van der Waals surface area contributed by atoms with E-state index in [1.807, 2.05) is 64.1 Å². The predicted molar refractivity (Wildman–Crippen MR) is 415 cm³/mol. The minimum absolute atomic E-state index is 0.00493. The number of aromatic hydroxyl groups is 4. The van der Waals surface area contributed by atoms with Gasteiger partial charge >= 0.3 is 0 Å². The Morgan fingerprint density at radius 3 is 1.43 bits per heavy atom. The fourth-order valence-electron chi connectivity index (χ4n) is 16.7. The number of hydrogen-bond acceptors (Lipinski definition) is 33. The Bertz CT molecular complexity index is 4770. The summed E-state index contributed by atoms with van der Waals surface area (Å²) in [6.07, 6.45) is -2.41. The number of aromatic nitrogens is 2. The Balaban J connectivity index is 0.000000164. The van der Waals surface area contributed by atoms with Crippen LogP contribution < -0.4 is 28.2 Å². The molecule has 0 bridgehead atoms. The van der Waals surface area contributed by atoms with E-state index in [4.69, 9.17) is 55.2 Å². The third kappa shape index (κ3) is 15.8. The highest BCUT2D eigenvalue weighted by atomic mass is 33.1. The molecule has 4 aliphatic carbocycles. The van der Waals surface area contributed by atoms with Crippen LogP contribution in [-0.2, 0) is 65.1 Å². The first-order valence-corrected chi connectivity index (χ1v) is 41.8. The van der Waals surface area contributed by atoms with E-state index in [2.05, 4.69) is 35.7 Å². The summed E-state index contributed by atoms with van der Waals surface area (Å²) < 4.78 is 49.9. The van der Waals surface area contributed by atoms with Crippen molar-refractivity contribution in [3.05, 3.63) is 152 Å². The number of nitrogens with zero attached hydrogens (tertiary/aromatic N) is 5. The molecule has 16 atom stereocenters. The van der Waals surface area contributed by atoms with Gasteiger partial charge in [-0.05, 0) is 99.5 Å². The van der Waals surface area contributed by atoms with Crippen LogP contribution in [0.3, 0.4) is 0 Å². The van der Waals surface area contributed by atoms with Gasteiger partial charge in [0.2, 0.25) is 11.8 Å². The Kier molecular flexibility index (Phi) is 24.2. The molecule has 2 unspecified atom stereocenters. The number of nitrogens with one attached hydrogen (secondary N) is 2. The van der Waals surface area contributed by atoms with Crippen molar-refractivity contribution < 1.29 is 102 Å². The number of rotatable bonds is 17. The van der Waals surface area contributed by atoms with Crippen molar-refractivity contribution in [2.45, 2.75) is 200 Å². The van der Waals surface area contributed by atoms with Gasteiger partial charge in [0.25, 0.3) is 0 Å². The minimum atomic E-state index is -1.97. The zero-order chi connectivity index (χ0) is 80.2. The van der Waals surface area contributed by atoms with Crippen molar-refractivity contribution >= 4 is 101 Å². The number of hydrogen-bond donors (Lipinski definition) is 11. The van der Waals surface area contributed by atoms with Crippen molar-refractivity contribution in [1.82, 2.24) is 30.6 Å². The van der Waals surface area contributed by atoms with Crippen LogP contribution in [-0.4, -0.2) is 220 Å². The first-order chi connectivity index (χ1) is 54.1. The lowest BCUT2D eigenvalue weighted by molar-refractivity contribution is -0.247. The number of anilines is 2. The molecule has 6 saturated heterocycles. The second kappa shape index (κ2) is 33.6. The highest BCUT2D eigenvalue weighted by Gasteiger charge is 2.57. The first-order valence-electron chi connectivity index (χ1n) is 37.1. The van der Waals surface area contributed by atoms with Crippen LogP contribution in [0.2, 0.25) is 0 Å². The van der Waals surface area contributed by atoms with Gasteiger partial charge in [-0.3, -0.25) is 48.8 Å². The molecule has 6 aromatic rings. The molecule has 4 aromatic carbocycles. The van der Waals surface area contributed by atoms with E-state index in [0.29, 0.717) is 51.3 Å². The number of carbonyl (C=O) groups is 7. The van der Waals surface area contributed by atoms with Crippen LogP contribution in [0.5, 0.6) is 23.0 Å². The normalized spacial score (nSPS) is 29.3. The quantitative estimate of drug-likeness (QED) is 0.00653. The second-order valence-corrected chi connectivity index (χ2v) is 34.2. The number of fused-ring (bicyclic) bond motifs is 12. The van der Waals surface area contributed by atoms with Crippen LogP contribution in [0.15, 0.2) is 100 Å². The molecular weight excluding hydrogens is 1540 g/mol. The molecule has 16 rings (SSSR count). The number of ketones is 5. The average Bonchev–Trinajstić information content (AvgIpc) is 1.58. The summed E-state index contributed by atoms with van der Waals surface area (Å²) >= 11 is 0. The molecule has 6 fully saturated rings. The van der Waals surface area contributed by atoms with Gasteiger partial charge in [0.05, 0.1) is 88.9 Å². The molecule has 2 aromatic heterocycles. The summed E-state index contributed by atoms with van der Waals surface area (Å²) in [5, 5.41) is 76.8. The molecule has 31 nitrogen and oxygen atoms in total. The van der Waals surface area contributed by atoms with E-state index in [0.717, 1.165) is 15.8 Å². The van der Waals surface area contributed by atoms with Crippen molar-refractivity contribution in [2.75, 3.05) is 49.3 Å². The van der Waals surface area contributed by atoms with Gasteiger partial charge in [-0.15, -0.1) is 0 Å². The molecule has 10 aliphatic rings. The third-order valence-electron chi connectivity index (χ3n) is 22.4. The van der Waals surface area contributed by atoms with Crippen molar-refractivity contribution in [1.29, 1.82) is 0 Å². The Morgan fingerprint density at radius 2 is 1.00 bits per heavy atom. The number of carbonyl (C=O) groups excluding carboxylic acids is 7. The lowest BCUT2D eigenvalue weighted by Crippen LogP contribution is -2.54. The van der Waals surface area contributed by atoms with Crippen LogP contribution in [0, 0.1) is 0 Å². The number of benzene rings is 4. The molecule has 0 spiro atoms. The van der Waals surface area contributed by atoms with Crippen LogP contribution in [0.25, 0.3) is 0 Å². The topological polar surface area (TPSA) is 461 Å². The summed E-state index contributed by atoms with van der Waals surface area (Å²) in [7, 11) is 6.07. The molecule has 35 heteroatoms. The van der Waals surface area contributed by atoms with Crippen LogP contribution >= 0.6 is 43.2 Å². The standard InChI is InChI=1S/C39H43N5O10S2.C31H34N2O10.C8H11N3OS2/c1-18-37-24(44-12-13-51-19(2)38(44)54-37)15-28(52-18)53-25-17-39(50,20(3)42-43-26(45)10-14-55-56-27-9-4-5-11-41-27)16-22-30(25)36(49)32-31(34(22)47)33(46)21-7-6-8-23(40)29(21)35(32)48;1-12-29-18(33-7-8-40-13(2)30(33)43-29)9-20(41-12)42-19-11-31(39,14(3)34)10-16-22(19)28(38)24-23(26(16)36)25(35)15-5-4-6-17(32)21(15)27(24)37;9-11-7(12)4-6-13-14-8-3-1-2-5-10-8/h4-9,11,18-19,24-25,28,37-38,47,49-50H,10,12-17,40H2,1-3H3,(H,43,45);4-6,12-13,18-20,29-30,36,38-39H,7-11,32H2,1-3H3;1-3,5H,4,6,9H2,(H,11,12)/b42-20+;;/t18-,19+,24?,25-,28-,37+,38+,39-;12-,13+,18?,19-,20-,29+,30+,31-;/m00./s1. The third-order valence-corrected chi connectivity index (χ3v) is 26.9. The predicted octanol–water partition coefficient (Wildman–Crippen LogP) is 6.79. The average molecular weight is 1630 g/mol. The lowest BCUT2D eigenvalue weighted by atomic mass is 9.71. The number of ether oxygens (including phenoxy) is 8. The van der Waals surface area contributed by atoms with Gasteiger partial charge in [0, 0.05) is 145 Å². The Hall–Kier alpha value is -8.18. The number of nitrogen functional groups attached to an aromatic ring is 2. The van der Waals surface area contributed by atoms with Crippen molar-refractivity contribution in [3.63, 3.8) is 0 Å². The molecule has 8 heterocycles. The fourth-order valence-corrected chi connectivity index (χ4v) is 20.5. The number of aliphatic hydroxyl groups is 2. The summed E-state index contributed by atoms with van der Waals surface area (Å²) in [5.41, 5.74) is 11.6. The van der Waals surface area contributed by atoms with E-state index < -0.39 is 105 Å². The fraction of sp³-hybridized carbons (Fsp3) is 0.462. The van der Waals surface area contributed by atoms with E-state index in [1.54, 1.807) is 34.0 Å². The van der Waals surface area contributed by atoms with Gasteiger partial charge in [0.15, 0.2) is 41.5 Å². The smallest absolute Gasteiger partial charge is 0.240 e. The van der Waals surface area contributed by atoms with Crippen molar-refractivity contribution in [3.8, 4) is 23.0 Å². The summed E-state index contributed by atoms with van der Waals surface area (Å²) in [6.45, 7) is 12.9. The minimum Gasteiger partial charge on any atom is -0.507 e. The van der Waals surface area contributed by atoms with E-state index in [1.165, 1.54) is 71.8 Å². The number of hydrazone groups is 1. The zero-order valence-electron chi connectivity index (χ0n) is 62.5.